The monoisotopic (exact) mass is 246 g/mol. The second-order valence-electron chi connectivity index (χ2n) is 3.34. The van der Waals surface area contributed by atoms with Crippen molar-refractivity contribution in [3.05, 3.63) is 20.8 Å². The van der Waals surface area contributed by atoms with Crippen molar-refractivity contribution in [2.45, 2.75) is 31.3 Å². The fourth-order valence-electron chi connectivity index (χ4n) is 1.77. The van der Waals surface area contributed by atoms with Crippen LogP contribution in [-0.4, -0.2) is 5.11 Å². The molecule has 1 N–H and O–H groups in total. The molecule has 1 heterocycles. The summed E-state index contributed by atoms with van der Waals surface area (Å²) in [6.45, 7) is 0. The summed E-state index contributed by atoms with van der Waals surface area (Å²) in [5, 5.41) is 10.2. The Morgan fingerprint density at radius 2 is 2.00 bits per heavy atom. The molecule has 3 heteroatoms. The first-order valence-corrected chi connectivity index (χ1v) is 5.80. The zero-order chi connectivity index (χ0) is 8.60. The van der Waals surface area contributed by atoms with Crippen LogP contribution in [0.2, 0.25) is 0 Å². The number of hydrogen-bond acceptors (Lipinski definition) is 2. The molecule has 0 amide bonds. The number of halogens is 1. The second kappa shape index (κ2) is 3.13. The molecule has 1 aliphatic rings. The summed E-state index contributed by atoms with van der Waals surface area (Å²) in [6.07, 6.45) is 4.18. The van der Waals surface area contributed by atoms with E-state index in [0.717, 1.165) is 34.3 Å². The van der Waals surface area contributed by atoms with Crippen molar-refractivity contribution in [3.8, 4) is 0 Å². The maximum Gasteiger partial charge on any atom is 0.0988 e. The first-order valence-electron chi connectivity index (χ1n) is 4.19. The minimum atomic E-state index is -0.503. The summed E-state index contributed by atoms with van der Waals surface area (Å²) >= 11 is 5.06. The zero-order valence-corrected chi connectivity index (χ0v) is 9.12. The molecule has 66 valence electrons. The van der Waals surface area contributed by atoms with Crippen LogP contribution < -0.4 is 0 Å². The Morgan fingerprint density at radius 3 is 2.50 bits per heavy atom. The van der Waals surface area contributed by atoms with Gasteiger partial charge in [0.25, 0.3) is 0 Å². The van der Waals surface area contributed by atoms with Crippen molar-refractivity contribution in [1.82, 2.24) is 0 Å². The summed E-state index contributed by atoms with van der Waals surface area (Å²) in [7, 11) is 0. The minimum absolute atomic E-state index is 0.503. The van der Waals surface area contributed by atoms with Crippen LogP contribution in [0.25, 0.3) is 0 Å². The van der Waals surface area contributed by atoms with E-state index in [1.807, 2.05) is 12.1 Å². The molecule has 0 aromatic carbocycles. The lowest BCUT2D eigenvalue weighted by Crippen LogP contribution is -2.18. The van der Waals surface area contributed by atoms with Gasteiger partial charge in [0.2, 0.25) is 0 Å². The predicted molar refractivity (Wildman–Crippen MR) is 54.4 cm³/mol. The van der Waals surface area contributed by atoms with Gasteiger partial charge in [0, 0.05) is 4.88 Å². The highest BCUT2D eigenvalue weighted by molar-refractivity contribution is 9.11. The van der Waals surface area contributed by atoms with Gasteiger partial charge in [-0.15, -0.1) is 11.3 Å². The molecule has 1 aromatic rings. The average Bonchev–Trinajstić information content (AvgIpc) is 2.59. The first-order chi connectivity index (χ1) is 5.71. The van der Waals surface area contributed by atoms with Crippen molar-refractivity contribution in [2.24, 2.45) is 0 Å². The summed E-state index contributed by atoms with van der Waals surface area (Å²) in [5.74, 6) is 0. The Kier molecular flexibility index (Phi) is 2.27. The van der Waals surface area contributed by atoms with Gasteiger partial charge in [-0.1, -0.05) is 12.8 Å². The largest absolute Gasteiger partial charge is 0.384 e. The molecule has 0 atom stereocenters. The third kappa shape index (κ3) is 1.45. The summed E-state index contributed by atoms with van der Waals surface area (Å²) in [6, 6.07) is 4.04. The lowest BCUT2D eigenvalue weighted by molar-refractivity contribution is 0.0483. The predicted octanol–water partition coefficient (Wildman–Crippen LogP) is 3.27. The van der Waals surface area contributed by atoms with Crippen LogP contribution >= 0.6 is 27.3 Å². The van der Waals surface area contributed by atoms with Crippen molar-refractivity contribution in [2.75, 3.05) is 0 Å². The third-order valence-corrected chi connectivity index (χ3v) is 4.28. The smallest absolute Gasteiger partial charge is 0.0988 e. The number of aliphatic hydroxyl groups is 1. The van der Waals surface area contributed by atoms with E-state index in [2.05, 4.69) is 15.9 Å². The fraction of sp³-hybridized carbons (Fsp3) is 0.556. The highest BCUT2D eigenvalue weighted by atomic mass is 79.9. The average molecular weight is 247 g/mol. The molecule has 12 heavy (non-hydrogen) atoms. The van der Waals surface area contributed by atoms with Gasteiger partial charge in [-0.2, -0.15) is 0 Å². The SMILES string of the molecule is OC1(c2ccc(Br)s2)CCCC1. The standard InChI is InChI=1S/C9H11BrOS/c10-8-4-3-7(12-8)9(11)5-1-2-6-9/h3-4,11H,1-2,5-6H2. The zero-order valence-electron chi connectivity index (χ0n) is 6.72. The van der Waals surface area contributed by atoms with Crippen LogP contribution in [0.15, 0.2) is 15.9 Å². The van der Waals surface area contributed by atoms with E-state index in [0.29, 0.717) is 0 Å². The van der Waals surface area contributed by atoms with Crippen LogP contribution in [0.3, 0.4) is 0 Å². The summed E-state index contributed by atoms with van der Waals surface area (Å²) in [4.78, 5) is 1.12. The summed E-state index contributed by atoms with van der Waals surface area (Å²) < 4.78 is 1.11. The van der Waals surface area contributed by atoms with E-state index < -0.39 is 5.60 Å². The lowest BCUT2D eigenvalue weighted by Gasteiger charge is -2.19. The highest BCUT2D eigenvalue weighted by Crippen LogP contribution is 2.42. The molecule has 1 aliphatic carbocycles. The Hall–Kier alpha value is 0.140. The minimum Gasteiger partial charge on any atom is -0.384 e. The van der Waals surface area contributed by atoms with Gasteiger partial charge in [-0.3, -0.25) is 0 Å². The molecule has 1 fully saturated rings. The van der Waals surface area contributed by atoms with Gasteiger partial charge < -0.3 is 5.11 Å². The Morgan fingerprint density at radius 1 is 1.33 bits per heavy atom. The van der Waals surface area contributed by atoms with E-state index in [4.69, 9.17) is 0 Å². The molecular weight excluding hydrogens is 236 g/mol. The third-order valence-electron chi connectivity index (χ3n) is 2.46. The number of thiophene rings is 1. The lowest BCUT2D eigenvalue weighted by atomic mass is 10.0. The Labute approximate surface area is 84.6 Å². The van der Waals surface area contributed by atoms with E-state index >= 15 is 0 Å². The van der Waals surface area contributed by atoms with Gasteiger partial charge >= 0.3 is 0 Å². The van der Waals surface area contributed by atoms with Gasteiger partial charge in [-0.05, 0) is 40.9 Å². The first kappa shape index (κ1) is 8.73. The van der Waals surface area contributed by atoms with E-state index in [9.17, 15) is 5.11 Å². The molecule has 0 aliphatic heterocycles. The Balaban J connectivity index is 2.28. The van der Waals surface area contributed by atoms with Crippen LogP contribution in [0.5, 0.6) is 0 Å². The molecule has 2 rings (SSSR count). The van der Waals surface area contributed by atoms with Gasteiger partial charge in [0.1, 0.15) is 0 Å². The van der Waals surface area contributed by atoms with Crippen LogP contribution in [0, 0.1) is 0 Å². The van der Waals surface area contributed by atoms with Crippen molar-refractivity contribution < 1.29 is 5.11 Å². The normalized spacial score (nSPS) is 21.5. The van der Waals surface area contributed by atoms with E-state index in [-0.39, 0.29) is 0 Å². The maximum absolute atomic E-state index is 10.2. The van der Waals surface area contributed by atoms with Crippen LogP contribution in [0.4, 0.5) is 0 Å². The topological polar surface area (TPSA) is 20.2 Å². The Bertz CT molecular complexity index is 276. The van der Waals surface area contributed by atoms with Gasteiger partial charge in [0.15, 0.2) is 0 Å². The molecule has 1 saturated carbocycles. The van der Waals surface area contributed by atoms with Crippen molar-refractivity contribution in [1.29, 1.82) is 0 Å². The molecule has 1 aromatic heterocycles. The fourth-order valence-corrected chi connectivity index (χ4v) is 3.30. The van der Waals surface area contributed by atoms with E-state index in [1.165, 1.54) is 0 Å². The molecule has 1 nitrogen and oxygen atoms in total. The van der Waals surface area contributed by atoms with E-state index in [1.54, 1.807) is 11.3 Å². The summed E-state index contributed by atoms with van der Waals surface area (Å²) in [5.41, 5.74) is -0.503. The second-order valence-corrected chi connectivity index (χ2v) is 5.81. The van der Waals surface area contributed by atoms with Crippen LogP contribution in [-0.2, 0) is 5.60 Å². The highest BCUT2D eigenvalue weighted by Gasteiger charge is 2.34. The van der Waals surface area contributed by atoms with Gasteiger partial charge in [-0.25, -0.2) is 0 Å². The molecule has 0 bridgehead atoms. The molecule has 0 saturated heterocycles. The molecule has 0 spiro atoms. The quantitative estimate of drug-likeness (QED) is 0.807. The number of hydrogen-bond donors (Lipinski definition) is 1. The van der Waals surface area contributed by atoms with Gasteiger partial charge in [0.05, 0.1) is 9.39 Å². The molecule has 0 unspecified atom stereocenters. The van der Waals surface area contributed by atoms with Crippen molar-refractivity contribution >= 4 is 27.3 Å². The molecule has 0 radical (unpaired) electrons. The maximum atomic E-state index is 10.2. The number of rotatable bonds is 1. The van der Waals surface area contributed by atoms with Crippen LogP contribution in [0.1, 0.15) is 30.6 Å². The molecular formula is C9H11BrOS. The van der Waals surface area contributed by atoms with Crippen molar-refractivity contribution in [3.63, 3.8) is 0 Å².